The average Bonchev–Trinajstić information content (AvgIpc) is 2.87. The average molecular weight is 320 g/mol. The Morgan fingerprint density at radius 3 is 2.50 bits per heavy atom. The predicted octanol–water partition coefficient (Wildman–Crippen LogP) is 4.22. The molecule has 0 unspecified atom stereocenters. The molecule has 1 fully saturated rings. The molecule has 22 heavy (non-hydrogen) atoms. The zero-order valence-corrected chi connectivity index (χ0v) is 12.9. The molecule has 1 heterocycles. The van der Waals surface area contributed by atoms with Crippen LogP contribution in [-0.4, -0.2) is 21.7 Å². The summed E-state index contributed by atoms with van der Waals surface area (Å²) in [4.78, 5) is 12.8. The van der Waals surface area contributed by atoms with Crippen LogP contribution in [0.1, 0.15) is 48.2 Å². The second kappa shape index (κ2) is 6.96. The van der Waals surface area contributed by atoms with Gasteiger partial charge in [0.25, 0.3) is 0 Å². The van der Waals surface area contributed by atoms with Gasteiger partial charge in [-0.1, -0.05) is 17.3 Å². The SMILES string of the molecule is O=C(OC1CCCCCC1)c1snnc1-c1ccc(F)cc1. The van der Waals surface area contributed by atoms with Crippen LogP contribution in [0.5, 0.6) is 0 Å². The van der Waals surface area contributed by atoms with Crippen LogP contribution in [0.4, 0.5) is 4.39 Å². The molecular formula is C16H17FN2O2S. The van der Waals surface area contributed by atoms with Gasteiger partial charge in [0, 0.05) is 5.56 Å². The number of hydrogen-bond acceptors (Lipinski definition) is 5. The number of carbonyl (C=O) groups excluding carboxylic acids is 1. The number of rotatable bonds is 3. The Morgan fingerprint density at radius 2 is 1.82 bits per heavy atom. The summed E-state index contributed by atoms with van der Waals surface area (Å²) in [5, 5.41) is 3.99. The summed E-state index contributed by atoms with van der Waals surface area (Å²) in [5.74, 6) is -0.698. The third-order valence-corrected chi connectivity index (χ3v) is 4.57. The summed E-state index contributed by atoms with van der Waals surface area (Å²) in [6.07, 6.45) is 6.44. The summed E-state index contributed by atoms with van der Waals surface area (Å²) in [6.45, 7) is 0. The van der Waals surface area contributed by atoms with E-state index in [1.54, 1.807) is 12.1 Å². The fraction of sp³-hybridized carbons (Fsp3) is 0.438. The number of aromatic nitrogens is 2. The second-order valence-electron chi connectivity index (χ2n) is 5.48. The predicted molar refractivity (Wildman–Crippen MR) is 82.2 cm³/mol. The Hall–Kier alpha value is -1.82. The van der Waals surface area contributed by atoms with Gasteiger partial charge in [-0.2, -0.15) is 0 Å². The largest absolute Gasteiger partial charge is 0.458 e. The molecule has 1 aliphatic carbocycles. The van der Waals surface area contributed by atoms with Crippen LogP contribution in [0.3, 0.4) is 0 Å². The van der Waals surface area contributed by atoms with E-state index in [0.29, 0.717) is 16.1 Å². The van der Waals surface area contributed by atoms with Gasteiger partial charge in [0.2, 0.25) is 0 Å². The van der Waals surface area contributed by atoms with Crippen LogP contribution in [-0.2, 0) is 4.74 Å². The van der Waals surface area contributed by atoms with Crippen molar-refractivity contribution in [1.82, 2.24) is 9.59 Å². The number of ether oxygens (including phenoxy) is 1. The number of halogens is 1. The number of benzene rings is 1. The Morgan fingerprint density at radius 1 is 1.14 bits per heavy atom. The minimum atomic E-state index is -0.374. The van der Waals surface area contributed by atoms with E-state index in [1.807, 2.05) is 0 Å². The zero-order chi connectivity index (χ0) is 15.4. The van der Waals surface area contributed by atoms with Crippen molar-refractivity contribution in [2.75, 3.05) is 0 Å². The molecule has 116 valence electrons. The molecule has 2 aromatic rings. The van der Waals surface area contributed by atoms with Crippen LogP contribution in [0.25, 0.3) is 11.3 Å². The van der Waals surface area contributed by atoms with E-state index < -0.39 is 0 Å². The van der Waals surface area contributed by atoms with E-state index in [-0.39, 0.29) is 17.9 Å². The van der Waals surface area contributed by atoms with Gasteiger partial charge in [-0.15, -0.1) is 5.10 Å². The highest BCUT2D eigenvalue weighted by Crippen LogP contribution is 2.27. The van der Waals surface area contributed by atoms with Crippen molar-refractivity contribution in [2.24, 2.45) is 0 Å². The molecule has 1 aliphatic rings. The molecule has 0 N–H and O–H groups in total. The number of nitrogens with zero attached hydrogens (tertiary/aromatic N) is 2. The maximum Gasteiger partial charge on any atom is 0.352 e. The molecule has 4 nitrogen and oxygen atoms in total. The van der Waals surface area contributed by atoms with Gasteiger partial charge in [0.15, 0.2) is 4.88 Å². The first kappa shape index (κ1) is 15.1. The molecule has 1 aromatic carbocycles. The fourth-order valence-electron chi connectivity index (χ4n) is 2.69. The van der Waals surface area contributed by atoms with E-state index in [4.69, 9.17) is 4.74 Å². The topological polar surface area (TPSA) is 52.1 Å². The molecule has 0 radical (unpaired) electrons. The maximum absolute atomic E-state index is 13.0. The van der Waals surface area contributed by atoms with Crippen molar-refractivity contribution >= 4 is 17.5 Å². The molecule has 0 bridgehead atoms. The van der Waals surface area contributed by atoms with Crippen molar-refractivity contribution in [2.45, 2.75) is 44.6 Å². The van der Waals surface area contributed by atoms with E-state index in [1.165, 1.54) is 25.0 Å². The van der Waals surface area contributed by atoms with Crippen molar-refractivity contribution in [1.29, 1.82) is 0 Å². The van der Waals surface area contributed by atoms with Gasteiger partial charge in [0.1, 0.15) is 17.6 Å². The summed E-state index contributed by atoms with van der Waals surface area (Å²) < 4.78 is 22.5. The maximum atomic E-state index is 13.0. The van der Waals surface area contributed by atoms with Gasteiger partial charge >= 0.3 is 5.97 Å². The van der Waals surface area contributed by atoms with Gasteiger partial charge in [-0.25, -0.2) is 9.18 Å². The lowest BCUT2D eigenvalue weighted by Crippen LogP contribution is -2.17. The Bertz CT molecular complexity index is 634. The lowest BCUT2D eigenvalue weighted by molar-refractivity contribution is 0.0273. The van der Waals surface area contributed by atoms with Crippen molar-refractivity contribution in [3.05, 3.63) is 35.0 Å². The standard InChI is InChI=1S/C16H17FN2O2S/c17-12-9-7-11(8-10-12)14-15(22-19-18-14)16(20)21-13-5-3-1-2-4-6-13/h7-10,13H,1-6H2. The Balaban J connectivity index is 1.76. The van der Waals surface area contributed by atoms with Crippen LogP contribution in [0, 0.1) is 5.82 Å². The molecule has 1 saturated carbocycles. The summed E-state index contributed by atoms with van der Waals surface area (Å²) >= 11 is 1.02. The van der Waals surface area contributed by atoms with Gasteiger partial charge < -0.3 is 4.74 Å². The Kier molecular flexibility index (Phi) is 4.77. The third-order valence-electron chi connectivity index (χ3n) is 3.87. The highest BCUT2D eigenvalue weighted by Gasteiger charge is 2.23. The van der Waals surface area contributed by atoms with Crippen molar-refractivity contribution in [3.8, 4) is 11.3 Å². The van der Waals surface area contributed by atoms with Crippen LogP contribution >= 0.6 is 11.5 Å². The second-order valence-corrected chi connectivity index (χ2v) is 6.23. The Labute approximate surface area is 132 Å². The molecule has 0 spiro atoms. The molecule has 3 rings (SSSR count). The number of hydrogen-bond donors (Lipinski definition) is 0. The summed E-state index contributed by atoms with van der Waals surface area (Å²) in [6, 6.07) is 5.87. The normalized spacial score (nSPS) is 16.2. The third kappa shape index (κ3) is 3.50. The molecule has 1 aromatic heterocycles. The van der Waals surface area contributed by atoms with Crippen molar-refractivity contribution in [3.63, 3.8) is 0 Å². The van der Waals surface area contributed by atoms with E-state index in [0.717, 1.165) is 37.2 Å². The first-order valence-corrected chi connectivity index (χ1v) is 8.30. The molecule has 6 heteroatoms. The molecule has 0 aliphatic heterocycles. The van der Waals surface area contributed by atoms with Crippen LogP contribution < -0.4 is 0 Å². The van der Waals surface area contributed by atoms with Gasteiger partial charge in [-0.3, -0.25) is 0 Å². The fourth-order valence-corrected chi connectivity index (χ4v) is 3.26. The van der Waals surface area contributed by atoms with E-state index in [9.17, 15) is 9.18 Å². The quantitative estimate of drug-likeness (QED) is 0.627. The summed E-state index contributed by atoms with van der Waals surface area (Å²) in [7, 11) is 0. The van der Waals surface area contributed by atoms with Crippen LogP contribution in [0.2, 0.25) is 0 Å². The zero-order valence-electron chi connectivity index (χ0n) is 12.1. The van der Waals surface area contributed by atoms with Gasteiger partial charge in [-0.05, 0) is 61.5 Å². The number of carbonyl (C=O) groups is 1. The van der Waals surface area contributed by atoms with Crippen LogP contribution in [0.15, 0.2) is 24.3 Å². The highest BCUT2D eigenvalue weighted by atomic mass is 32.1. The van der Waals surface area contributed by atoms with Gasteiger partial charge in [0.05, 0.1) is 0 Å². The summed E-state index contributed by atoms with van der Waals surface area (Å²) in [5.41, 5.74) is 1.13. The molecule has 0 amide bonds. The lowest BCUT2D eigenvalue weighted by atomic mass is 10.1. The smallest absolute Gasteiger partial charge is 0.352 e. The van der Waals surface area contributed by atoms with E-state index >= 15 is 0 Å². The monoisotopic (exact) mass is 320 g/mol. The minimum Gasteiger partial charge on any atom is -0.458 e. The molecule has 0 saturated heterocycles. The molecule has 0 atom stereocenters. The molecular weight excluding hydrogens is 303 g/mol. The van der Waals surface area contributed by atoms with Crippen molar-refractivity contribution < 1.29 is 13.9 Å². The first-order valence-electron chi connectivity index (χ1n) is 7.53. The van der Waals surface area contributed by atoms with E-state index in [2.05, 4.69) is 9.59 Å². The first-order chi connectivity index (χ1) is 10.7. The highest BCUT2D eigenvalue weighted by molar-refractivity contribution is 7.08. The number of esters is 1. The minimum absolute atomic E-state index is 0.0156. The lowest BCUT2D eigenvalue weighted by Gasteiger charge is -2.14.